The van der Waals surface area contributed by atoms with Crippen molar-refractivity contribution < 1.29 is 9.50 Å². The van der Waals surface area contributed by atoms with Crippen molar-refractivity contribution in [2.75, 3.05) is 22.9 Å². The highest BCUT2D eigenvalue weighted by molar-refractivity contribution is 5.84. The number of rotatable bonds is 7. The Morgan fingerprint density at radius 1 is 1.29 bits per heavy atom. The second-order valence-electron chi connectivity index (χ2n) is 7.56. The Labute approximate surface area is 163 Å². The molecule has 0 spiro atoms. The summed E-state index contributed by atoms with van der Waals surface area (Å²) >= 11 is 0. The first-order valence-corrected chi connectivity index (χ1v) is 9.08. The molecule has 0 aliphatic heterocycles. The molecule has 150 valence electrons. The molecule has 0 aliphatic carbocycles. The van der Waals surface area contributed by atoms with Gasteiger partial charge >= 0.3 is 0 Å². The Morgan fingerprint density at radius 3 is 2.75 bits per heavy atom. The van der Waals surface area contributed by atoms with Gasteiger partial charge in [-0.3, -0.25) is 0 Å². The number of aryl methyl sites for hydroxylation is 1. The molecule has 0 saturated carbocycles. The minimum Gasteiger partial charge on any atom is -0.398 e. The minimum atomic E-state index is -0.820. The van der Waals surface area contributed by atoms with Gasteiger partial charge in [0.1, 0.15) is 5.82 Å². The quantitative estimate of drug-likeness (QED) is 0.461. The van der Waals surface area contributed by atoms with Crippen LogP contribution < -0.4 is 16.4 Å². The van der Waals surface area contributed by atoms with Crippen molar-refractivity contribution in [1.82, 2.24) is 19.5 Å². The predicted octanol–water partition coefficient (Wildman–Crippen LogP) is 2.52. The van der Waals surface area contributed by atoms with Gasteiger partial charge in [0.15, 0.2) is 17.0 Å². The van der Waals surface area contributed by atoms with Crippen LogP contribution >= 0.6 is 0 Å². The topological polar surface area (TPSA) is 114 Å². The highest BCUT2D eigenvalue weighted by atomic mass is 19.1. The molecule has 0 radical (unpaired) electrons. The maximum Gasteiger partial charge on any atom is 0.226 e. The Kier molecular flexibility index (Phi) is 5.37. The lowest BCUT2D eigenvalue weighted by molar-refractivity contribution is 0.0303. The van der Waals surface area contributed by atoms with E-state index in [1.165, 1.54) is 18.2 Å². The third-order valence-corrected chi connectivity index (χ3v) is 4.88. The minimum absolute atomic E-state index is 0.0122. The van der Waals surface area contributed by atoms with Crippen molar-refractivity contribution in [2.24, 2.45) is 13.0 Å². The maximum atomic E-state index is 13.5. The van der Waals surface area contributed by atoms with Gasteiger partial charge in [-0.05, 0) is 37.6 Å². The van der Waals surface area contributed by atoms with Crippen LogP contribution in [0.3, 0.4) is 0 Å². The van der Waals surface area contributed by atoms with Crippen LogP contribution in [0.1, 0.15) is 26.3 Å². The largest absolute Gasteiger partial charge is 0.398 e. The average Bonchev–Trinajstić information content (AvgIpc) is 3.00. The van der Waals surface area contributed by atoms with Crippen LogP contribution in [0.15, 0.2) is 24.5 Å². The van der Waals surface area contributed by atoms with E-state index in [0.717, 1.165) is 0 Å². The van der Waals surface area contributed by atoms with Crippen molar-refractivity contribution >= 4 is 28.6 Å². The van der Waals surface area contributed by atoms with Gasteiger partial charge in [0.05, 0.1) is 11.9 Å². The summed E-state index contributed by atoms with van der Waals surface area (Å²) in [6, 6.07) is 4.25. The molecule has 3 aromatic rings. The van der Waals surface area contributed by atoms with Gasteiger partial charge in [-0.25, -0.2) is 9.37 Å². The standard InChI is InChI=1S/C19H26FN7O/c1-11(19(2,3)28)8-23-18-25-16(15-17(26-18)27(4)10-24-15)22-9-12-7-13(20)5-6-14(12)21/h5-7,10-11,28H,8-9,21H2,1-4H3,(H2,22,23,25,26). The number of hydrogen-bond acceptors (Lipinski definition) is 7. The fraction of sp³-hybridized carbons (Fsp3) is 0.421. The fourth-order valence-corrected chi connectivity index (χ4v) is 2.61. The molecule has 8 nitrogen and oxygen atoms in total. The molecule has 2 heterocycles. The zero-order valence-electron chi connectivity index (χ0n) is 16.5. The smallest absolute Gasteiger partial charge is 0.226 e. The lowest BCUT2D eigenvalue weighted by Crippen LogP contribution is -2.33. The van der Waals surface area contributed by atoms with Gasteiger partial charge in [0, 0.05) is 31.7 Å². The third kappa shape index (κ3) is 4.30. The number of benzene rings is 1. The number of hydrogen-bond donors (Lipinski definition) is 4. The molecule has 0 aliphatic rings. The summed E-state index contributed by atoms with van der Waals surface area (Å²) in [4.78, 5) is 13.4. The van der Waals surface area contributed by atoms with E-state index in [9.17, 15) is 9.50 Å². The normalized spacial score (nSPS) is 12.9. The molecule has 3 rings (SSSR count). The number of fused-ring (bicyclic) bond motifs is 1. The molecule has 0 amide bonds. The molecule has 2 aromatic heterocycles. The fourth-order valence-electron chi connectivity index (χ4n) is 2.61. The number of nitrogens with one attached hydrogen (secondary N) is 2. The molecule has 1 atom stereocenters. The number of halogens is 1. The monoisotopic (exact) mass is 387 g/mol. The molecule has 1 aromatic carbocycles. The van der Waals surface area contributed by atoms with Crippen LogP contribution in [-0.2, 0) is 13.6 Å². The lowest BCUT2D eigenvalue weighted by Gasteiger charge is -2.25. The zero-order valence-corrected chi connectivity index (χ0v) is 16.5. The average molecular weight is 387 g/mol. The van der Waals surface area contributed by atoms with Gasteiger partial charge in [0.2, 0.25) is 5.95 Å². The maximum absolute atomic E-state index is 13.5. The van der Waals surface area contributed by atoms with Gasteiger partial charge in [-0.2, -0.15) is 9.97 Å². The second-order valence-corrected chi connectivity index (χ2v) is 7.56. The van der Waals surface area contributed by atoms with Gasteiger partial charge in [0.25, 0.3) is 0 Å². The number of aromatic nitrogens is 4. The summed E-state index contributed by atoms with van der Waals surface area (Å²) in [5, 5.41) is 16.5. The molecule has 0 fully saturated rings. The van der Waals surface area contributed by atoms with Crippen LogP contribution in [-0.4, -0.2) is 36.8 Å². The van der Waals surface area contributed by atoms with E-state index >= 15 is 0 Å². The number of nitrogen functional groups attached to an aromatic ring is 1. The van der Waals surface area contributed by atoms with E-state index in [1.54, 1.807) is 24.7 Å². The van der Waals surface area contributed by atoms with Crippen molar-refractivity contribution in [1.29, 1.82) is 0 Å². The van der Waals surface area contributed by atoms with Gasteiger partial charge in [-0.1, -0.05) is 6.92 Å². The lowest BCUT2D eigenvalue weighted by atomic mass is 9.93. The van der Waals surface area contributed by atoms with E-state index in [4.69, 9.17) is 5.73 Å². The molecule has 0 bridgehead atoms. The van der Waals surface area contributed by atoms with Crippen LogP contribution in [0.5, 0.6) is 0 Å². The summed E-state index contributed by atoms with van der Waals surface area (Å²) in [5.41, 5.74) is 7.50. The SMILES string of the molecule is CC(CNc1nc(NCc2cc(F)ccc2N)c2ncn(C)c2n1)C(C)(C)O. The van der Waals surface area contributed by atoms with Crippen molar-refractivity contribution in [3.8, 4) is 0 Å². The number of imidazole rings is 1. The Morgan fingerprint density at radius 2 is 2.04 bits per heavy atom. The summed E-state index contributed by atoms with van der Waals surface area (Å²) in [6.07, 6.45) is 1.66. The predicted molar refractivity (Wildman–Crippen MR) is 108 cm³/mol. The molecule has 0 saturated heterocycles. The Balaban J connectivity index is 1.85. The number of aliphatic hydroxyl groups is 1. The van der Waals surface area contributed by atoms with Crippen LogP contribution in [0.25, 0.3) is 11.2 Å². The van der Waals surface area contributed by atoms with Gasteiger partial charge < -0.3 is 26.0 Å². The first-order valence-electron chi connectivity index (χ1n) is 9.08. The van der Waals surface area contributed by atoms with Crippen LogP contribution in [0.2, 0.25) is 0 Å². The highest BCUT2D eigenvalue weighted by Crippen LogP contribution is 2.23. The van der Waals surface area contributed by atoms with Gasteiger partial charge in [-0.15, -0.1) is 0 Å². The van der Waals surface area contributed by atoms with E-state index < -0.39 is 5.60 Å². The Bertz CT molecular complexity index is 980. The molecular formula is C19H26FN7O. The molecule has 9 heteroatoms. The van der Waals surface area contributed by atoms with Crippen molar-refractivity contribution in [2.45, 2.75) is 32.9 Å². The first kappa shape index (κ1) is 19.8. The molecule has 28 heavy (non-hydrogen) atoms. The second kappa shape index (κ2) is 7.59. The zero-order chi connectivity index (χ0) is 20.5. The number of nitrogens with two attached hydrogens (primary N) is 1. The third-order valence-electron chi connectivity index (χ3n) is 4.88. The van der Waals surface area contributed by atoms with Crippen LogP contribution in [0, 0.1) is 11.7 Å². The van der Waals surface area contributed by atoms with Crippen molar-refractivity contribution in [3.05, 3.63) is 35.9 Å². The molecule has 5 N–H and O–H groups in total. The molecular weight excluding hydrogens is 361 g/mol. The van der Waals surface area contributed by atoms with E-state index in [0.29, 0.717) is 47.3 Å². The molecule has 1 unspecified atom stereocenters. The van der Waals surface area contributed by atoms with E-state index in [-0.39, 0.29) is 11.7 Å². The Hall–Kier alpha value is -2.94. The summed E-state index contributed by atoms with van der Waals surface area (Å²) in [5.74, 6) is 0.580. The van der Waals surface area contributed by atoms with E-state index in [2.05, 4.69) is 25.6 Å². The number of nitrogens with zero attached hydrogens (tertiary/aromatic N) is 4. The highest BCUT2D eigenvalue weighted by Gasteiger charge is 2.22. The van der Waals surface area contributed by atoms with Crippen molar-refractivity contribution in [3.63, 3.8) is 0 Å². The summed E-state index contributed by atoms with van der Waals surface area (Å²) in [7, 11) is 1.85. The summed E-state index contributed by atoms with van der Waals surface area (Å²) in [6.45, 7) is 6.28. The number of anilines is 3. The van der Waals surface area contributed by atoms with E-state index in [1.807, 2.05) is 14.0 Å². The summed E-state index contributed by atoms with van der Waals surface area (Å²) < 4.78 is 15.3. The van der Waals surface area contributed by atoms with Crippen LogP contribution in [0.4, 0.5) is 21.8 Å². The first-order chi connectivity index (χ1) is 13.1.